The second-order valence-corrected chi connectivity index (χ2v) is 5.99. The topological polar surface area (TPSA) is 64.6 Å². The number of carbonyl (C=O) groups excluding carboxylic acids is 2. The number of hydrogen-bond acceptors (Lipinski definition) is 4. The van der Waals surface area contributed by atoms with E-state index in [1.54, 1.807) is 12.1 Å². The molecule has 0 heterocycles. The molecular weight excluding hydrogens is 387 g/mol. The highest BCUT2D eigenvalue weighted by Gasteiger charge is 2.31. The molecule has 0 aliphatic carbocycles. The lowest BCUT2D eigenvalue weighted by Crippen LogP contribution is -2.12. The molecule has 154 valence electrons. The molecule has 0 atom stereocenters. The third-order valence-corrected chi connectivity index (χ3v) is 3.79. The van der Waals surface area contributed by atoms with Gasteiger partial charge in [-0.2, -0.15) is 13.2 Å². The Morgan fingerprint density at radius 3 is 2.38 bits per heavy atom. The van der Waals surface area contributed by atoms with Gasteiger partial charge in [-0.1, -0.05) is 19.1 Å². The Morgan fingerprint density at radius 2 is 1.79 bits per heavy atom. The van der Waals surface area contributed by atoms with Crippen molar-refractivity contribution in [3.8, 4) is 5.75 Å². The first kappa shape index (κ1) is 22.0. The van der Waals surface area contributed by atoms with Gasteiger partial charge in [0.05, 0.1) is 30.5 Å². The number of ether oxygens (including phenoxy) is 2. The maximum atomic E-state index is 13.0. The maximum absolute atomic E-state index is 13.0. The molecule has 2 rings (SSSR count). The number of amides is 1. The zero-order valence-corrected chi connectivity index (χ0v) is 15.9. The van der Waals surface area contributed by atoms with Crippen LogP contribution in [-0.2, 0) is 15.7 Å². The number of alkyl halides is 3. The van der Waals surface area contributed by atoms with Crippen molar-refractivity contribution in [1.82, 2.24) is 0 Å². The lowest BCUT2D eigenvalue weighted by Gasteiger charge is -2.14. The normalized spacial score (nSPS) is 11.3. The van der Waals surface area contributed by atoms with Gasteiger partial charge in [0.1, 0.15) is 5.75 Å². The fourth-order valence-corrected chi connectivity index (χ4v) is 2.34. The van der Waals surface area contributed by atoms with E-state index in [1.807, 2.05) is 6.92 Å². The van der Waals surface area contributed by atoms with Gasteiger partial charge in [0.2, 0.25) is 5.91 Å². The molecule has 0 aromatic heterocycles. The summed E-state index contributed by atoms with van der Waals surface area (Å²) in [6.45, 7) is 2.16. The molecule has 0 aliphatic heterocycles. The summed E-state index contributed by atoms with van der Waals surface area (Å²) in [4.78, 5) is 23.6. The molecule has 1 amide bonds. The molecule has 0 bridgehead atoms. The molecule has 29 heavy (non-hydrogen) atoms. The van der Waals surface area contributed by atoms with Gasteiger partial charge in [0, 0.05) is 6.08 Å². The van der Waals surface area contributed by atoms with E-state index in [2.05, 4.69) is 10.1 Å². The smallest absolute Gasteiger partial charge is 0.416 e. The quantitative estimate of drug-likeness (QED) is 0.522. The third-order valence-electron chi connectivity index (χ3n) is 3.79. The Balaban J connectivity index is 2.15. The summed E-state index contributed by atoms with van der Waals surface area (Å²) >= 11 is 0. The lowest BCUT2D eigenvalue weighted by molar-refractivity contribution is -0.137. The lowest BCUT2D eigenvalue weighted by atomic mass is 10.1. The van der Waals surface area contributed by atoms with E-state index in [0.717, 1.165) is 12.1 Å². The zero-order chi connectivity index (χ0) is 21.4. The van der Waals surface area contributed by atoms with Crippen molar-refractivity contribution in [2.75, 3.05) is 19.0 Å². The highest BCUT2D eigenvalue weighted by atomic mass is 19.4. The standard InChI is InChI=1S/C21H20F3NO4/c1-3-12-29-18-10-9-16(21(22,23)24)13-17(18)25-19(26)11-6-14-4-7-15(8-5-14)20(27)28-2/h4-11,13H,3,12H2,1-2H3,(H,25,26)/b11-6+. The predicted octanol–water partition coefficient (Wildman–Crippen LogP) is 4.93. The van der Waals surface area contributed by atoms with E-state index in [-0.39, 0.29) is 11.4 Å². The Morgan fingerprint density at radius 1 is 1.10 bits per heavy atom. The van der Waals surface area contributed by atoms with Crippen LogP contribution in [0.4, 0.5) is 18.9 Å². The largest absolute Gasteiger partial charge is 0.491 e. The average molecular weight is 407 g/mol. The minimum Gasteiger partial charge on any atom is -0.491 e. The molecule has 0 spiro atoms. The monoisotopic (exact) mass is 407 g/mol. The molecule has 1 N–H and O–H groups in total. The van der Waals surface area contributed by atoms with Gasteiger partial charge < -0.3 is 14.8 Å². The molecule has 0 unspecified atom stereocenters. The van der Waals surface area contributed by atoms with Crippen molar-refractivity contribution in [2.24, 2.45) is 0 Å². The fourth-order valence-electron chi connectivity index (χ4n) is 2.34. The van der Waals surface area contributed by atoms with Crippen LogP contribution >= 0.6 is 0 Å². The molecule has 0 aliphatic rings. The second kappa shape index (κ2) is 9.77. The number of rotatable bonds is 7. The van der Waals surface area contributed by atoms with Gasteiger partial charge in [0.15, 0.2) is 0 Å². The maximum Gasteiger partial charge on any atom is 0.416 e. The highest BCUT2D eigenvalue weighted by Crippen LogP contribution is 2.35. The minimum absolute atomic E-state index is 0.0658. The first-order valence-electron chi connectivity index (χ1n) is 8.76. The molecule has 0 saturated carbocycles. The molecule has 0 saturated heterocycles. The van der Waals surface area contributed by atoms with Gasteiger partial charge in [-0.25, -0.2) is 4.79 Å². The zero-order valence-electron chi connectivity index (χ0n) is 15.9. The van der Waals surface area contributed by atoms with Crippen LogP contribution in [0.5, 0.6) is 5.75 Å². The van der Waals surface area contributed by atoms with Crippen molar-refractivity contribution in [1.29, 1.82) is 0 Å². The first-order valence-corrected chi connectivity index (χ1v) is 8.76. The van der Waals surface area contributed by atoms with Crippen molar-refractivity contribution in [2.45, 2.75) is 19.5 Å². The SMILES string of the molecule is CCCOc1ccc(C(F)(F)F)cc1NC(=O)/C=C/c1ccc(C(=O)OC)cc1. The van der Waals surface area contributed by atoms with E-state index in [1.165, 1.54) is 37.5 Å². The Hall–Kier alpha value is -3.29. The fraction of sp³-hybridized carbons (Fsp3) is 0.238. The van der Waals surface area contributed by atoms with Crippen molar-refractivity contribution < 1.29 is 32.2 Å². The van der Waals surface area contributed by atoms with Crippen LogP contribution < -0.4 is 10.1 Å². The Labute approximate surface area is 166 Å². The number of nitrogens with one attached hydrogen (secondary N) is 1. The van der Waals surface area contributed by atoms with E-state index in [0.29, 0.717) is 24.2 Å². The van der Waals surface area contributed by atoms with Crippen LogP contribution in [0.25, 0.3) is 6.08 Å². The van der Waals surface area contributed by atoms with Crippen LogP contribution in [0.1, 0.15) is 34.8 Å². The summed E-state index contributed by atoms with van der Waals surface area (Å²) in [5, 5.41) is 2.42. The van der Waals surface area contributed by atoms with Gasteiger partial charge in [-0.15, -0.1) is 0 Å². The second-order valence-electron chi connectivity index (χ2n) is 5.99. The molecule has 5 nitrogen and oxygen atoms in total. The molecule has 2 aromatic carbocycles. The molecule has 0 radical (unpaired) electrons. The number of methoxy groups -OCH3 is 1. The predicted molar refractivity (Wildman–Crippen MR) is 103 cm³/mol. The van der Waals surface area contributed by atoms with E-state index in [4.69, 9.17) is 4.74 Å². The van der Waals surface area contributed by atoms with E-state index in [9.17, 15) is 22.8 Å². The third kappa shape index (κ3) is 6.38. The number of anilines is 1. The van der Waals surface area contributed by atoms with Gasteiger partial charge in [-0.3, -0.25) is 4.79 Å². The minimum atomic E-state index is -4.54. The number of halogens is 3. The van der Waals surface area contributed by atoms with Crippen molar-refractivity contribution >= 4 is 23.6 Å². The van der Waals surface area contributed by atoms with Crippen molar-refractivity contribution in [3.05, 3.63) is 65.2 Å². The Kier molecular flexibility index (Phi) is 7.41. The number of carbonyl (C=O) groups is 2. The highest BCUT2D eigenvalue weighted by molar-refractivity contribution is 6.03. The molecule has 0 fully saturated rings. The summed E-state index contributed by atoms with van der Waals surface area (Å²) in [5.41, 5.74) is 0.0260. The first-order chi connectivity index (χ1) is 13.7. The van der Waals surface area contributed by atoms with Crippen LogP contribution in [0, 0.1) is 0 Å². The Bertz CT molecular complexity index is 890. The molecule has 2 aromatic rings. The molecule has 8 heteroatoms. The number of hydrogen-bond donors (Lipinski definition) is 1. The van der Waals surface area contributed by atoms with E-state index >= 15 is 0 Å². The summed E-state index contributed by atoms with van der Waals surface area (Å²) in [5.74, 6) is -0.950. The number of benzene rings is 2. The summed E-state index contributed by atoms with van der Waals surface area (Å²) < 4.78 is 48.9. The van der Waals surface area contributed by atoms with Gasteiger partial charge in [0.25, 0.3) is 0 Å². The summed E-state index contributed by atoms with van der Waals surface area (Å²) in [6.07, 6.45) is -1.23. The summed E-state index contributed by atoms with van der Waals surface area (Å²) in [6, 6.07) is 9.20. The summed E-state index contributed by atoms with van der Waals surface area (Å²) in [7, 11) is 1.27. The van der Waals surface area contributed by atoms with Crippen LogP contribution in [0.2, 0.25) is 0 Å². The van der Waals surface area contributed by atoms with E-state index < -0.39 is 23.6 Å². The van der Waals surface area contributed by atoms with Crippen molar-refractivity contribution in [3.63, 3.8) is 0 Å². The van der Waals surface area contributed by atoms with Crippen LogP contribution in [-0.4, -0.2) is 25.6 Å². The van der Waals surface area contributed by atoms with Gasteiger partial charge >= 0.3 is 12.1 Å². The average Bonchev–Trinajstić information content (AvgIpc) is 2.70. The van der Waals surface area contributed by atoms with Gasteiger partial charge in [-0.05, 0) is 48.4 Å². The number of esters is 1. The van der Waals surface area contributed by atoms with Crippen LogP contribution in [0.3, 0.4) is 0 Å². The molecular formula is C21H20F3NO4. The van der Waals surface area contributed by atoms with Crippen LogP contribution in [0.15, 0.2) is 48.5 Å².